The van der Waals surface area contributed by atoms with Crippen LogP contribution in [0.2, 0.25) is 0 Å². The predicted octanol–water partition coefficient (Wildman–Crippen LogP) is 2.28. The molecule has 2 unspecified atom stereocenters. The topological polar surface area (TPSA) is 45.6 Å². The Morgan fingerprint density at radius 2 is 2.21 bits per heavy atom. The summed E-state index contributed by atoms with van der Waals surface area (Å²) in [6.07, 6.45) is 6.65. The predicted molar refractivity (Wildman–Crippen MR) is 74.2 cm³/mol. The van der Waals surface area contributed by atoms with Crippen LogP contribution in [0.5, 0.6) is 0 Å². The summed E-state index contributed by atoms with van der Waals surface area (Å²) >= 11 is 0. The zero-order valence-corrected chi connectivity index (χ0v) is 11.5. The van der Waals surface area contributed by atoms with Gasteiger partial charge in [0.1, 0.15) is 5.82 Å². The fraction of sp³-hybridized carbons (Fsp3) is 0.667. The number of aliphatic hydroxyl groups is 1. The number of aromatic nitrogens is 1. The lowest BCUT2D eigenvalue weighted by Gasteiger charge is -2.44. The van der Waals surface area contributed by atoms with E-state index in [1.54, 1.807) is 13.1 Å². The van der Waals surface area contributed by atoms with E-state index in [0.29, 0.717) is 12.1 Å². The summed E-state index contributed by atoms with van der Waals surface area (Å²) in [7, 11) is 0. The number of morpholine rings is 1. The highest BCUT2D eigenvalue weighted by Gasteiger charge is 2.34. The number of ether oxygens (including phenoxy) is 1. The first-order valence-electron chi connectivity index (χ1n) is 7.28. The third-order valence-electron chi connectivity index (χ3n) is 4.28. The van der Waals surface area contributed by atoms with E-state index < -0.39 is 6.10 Å². The van der Waals surface area contributed by atoms with E-state index in [9.17, 15) is 5.11 Å². The minimum Gasteiger partial charge on any atom is -0.389 e. The Labute approximate surface area is 114 Å². The molecule has 0 aromatic carbocycles. The minimum absolute atomic E-state index is 0.376. The van der Waals surface area contributed by atoms with Gasteiger partial charge in [-0.2, -0.15) is 0 Å². The van der Waals surface area contributed by atoms with Crippen molar-refractivity contribution in [3.63, 3.8) is 0 Å². The van der Waals surface area contributed by atoms with Crippen molar-refractivity contribution in [1.82, 2.24) is 4.98 Å². The van der Waals surface area contributed by atoms with Crippen LogP contribution in [-0.4, -0.2) is 35.4 Å². The van der Waals surface area contributed by atoms with Gasteiger partial charge in [0.15, 0.2) is 0 Å². The van der Waals surface area contributed by atoms with E-state index in [1.165, 1.54) is 25.7 Å². The lowest BCUT2D eigenvalue weighted by atomic mass is 9.90. The average Bonchev–Trinajstić information content (AvgIpc) is 2.47. The second kappa shape index (κ2) is 5.47. The maximum Gasteiger partial charge on any atom is 0.128 e. The van der Waals surface area contributed by atoms with Gasteiger partial charge in [-0.15, -0.1) is 0 Å². The molecule has 2 fully saturated rings. The first kappa shape index (κ1) is 12.9. The SMILES string of the molecule is C[C@H](O)c1ccc(N2CCOC3CCCCC32)nc1. The normalized spacial score (nSPS) is 28.8. The van der Waals surface area contributed by atoms with Crippen LogP contribution in [0.25, 0.3) is 0 Å². The molecule has 1 aromatic heterocycles. The fourth-order valence-electron chi connectivity index (χ4n) is 3.20. The van der Waals surface area contributed by atoms with Crippen LogP contribution in [-0.2, 0) is 4.74 Å². The summed E-state index contributed by atoms with van der Waals surface area (Å²) in [5.74, 6) is 1.02. The Morgan fingerprint density at radius 1 is 1.37 bits per heavy atom. The highest BCUT2D eigenvalue weighted by Crippen LogP contribution is 2.31. The molecule has 2 heterocycles. The number of nitrogens with zero attached hydrogens (tertiary/aromatic N) is 2. The molecule has 1 aromatic rings. The van der Waals surface area contributed by atoms with E-state index in [0.717, 1.165) is 24.5 Å². The van der Waals surface area contributed by atoms with Gasteiger partial charge in [-0.25, -0.2) is 4.98 Å². The van der Waals surface area contributed by atoms with Gasteiger partial charge in [0.05, 0.1) is 24.9 Å². The van der Waals surface area contributed by atoms with Crippen molar-refractivity contribution in [2.45, 2.75) is 50.9 Å². The number of aliphatic hydroxyl groups excluding tert-OH is 1. The molecule has 2 aliphatic rings. The summed E-state index contributed by atoms with van der Waals surface area (Å²) in [6, 6.07) is 4.48. The molecular formula is C15H22N2O2. The molecule has 3 atom stereocenters. The van der Waals surface area contributed by atoms with Crippen molar-refractivity contribution in [2.24, 2.45) is 0 Å². The van der Waals surface area contributed by atoms with Crippen molar-refractivity contribution >= 4 is 5.82 Å². The van der Waals surface area contributed by atoms with Crippen LogP contribution in [0.4, 0.5) is 5.82 Å². The van der Waals surface area contributed by atoms with Gasteiger partial charge in [0.25, 0.3) is 0 Å². The average molecular weight is 262 g/mol. The quantitative estimate of drug-likeness (QED) is 0.888. The second-order valence-corrected chi connectivity index (χ2v) is 5.58. The molecule has 1 saturated heterocycles. The van der Waals surface area contributed by atoms with Crippen LogP contribution in [0.1, 0.15) is 44.3 Å². The van der Waals surface area contributed by atoms with Gasteiger partial charge < -0.3 is 14.7 Å². The Morgan fingerprint density at radius 3 is 2.95 bits per heavy atom. The second-order valence-electron chi connectivity index (χ2n) is 5.58. The molecule has 3 rings (SSSR count). The van der Waals surface area contributed by atoms with E-state index in [-0.39, 0.29) is 0 Å². The largest absolute Gasteiger partial charge is 0.389 e. The Balaban J connectivity index is 1.79. The molecule has 19 heavy (non-hydrogen) atoms. The molecule has 104 valence electrons. The number of rotatable bonds is 2. The number of anilines is 1. The van der Waals surface area contributed by atoms with Crippen LogP contribution in [0.15, 0.2) is 18.3 Å². The maximum atomic E-state index is 9.54. The fourth-order valence-corrected chi connectivity index (χ4v) is 3.20. The molecule has 4 nitrogen and oxygen atoms in total. The highest BCUT2D eigenvalue weighted by atomic mass is 16.5. The van der Waals surface area contributed by atoms with Crippen molar-refractivity contribution in [3.8, 4) is 0 Å². The van der Waals surface area contributed by atoms with Crippen molar-refractivity contribution in [1.29, 1.82) is 0 Å². The third kappa shape index (κ3) is 2.60. The highest BCUT2D eigenvalue weighted by molar-refractivity contribution is 5.42. The van der Waals surface area contributed by atoms with E-state index in [1.807, 2.05) is 12.1 Å². The van der Waals surface area contributed by atoms with Gasteiger partial charge in [-0.05, 0) is 31.4 Å². The van der Waals surface area contributed by atoms with Gasteiger partial charge in [-0.1, -0.05) is 18.9 Å². The zero-order chi connectivity index (χ0) is 13.2. The van der Waals surface area contributed by atoms with E-state index >= 15 is 0 Å². The van der Waals surface area contributed by atoms with Gasteiger partial charge >= 0.3 is 0 Å². The molecule has 0 bridgehead atoms. The van der Waals surface area contributed by atoms with Crippen LogP contribution in [0.3, 0.4) is 0 Å². The number of pyridine rings is 1. The summed E-state index contributed by atoms with van der Waals surface area (Å²) in [5, 5.41) is 9.54. The van der Waals surface area contributed by atoms with Gasteiger partial charge in [0.2, 0.25) is 0 Å². The van der Waals surface area contributed by atoms with Crippen molar-refractivity contribution in [2.75, 3.05) is 18.1 Å². The molecule has 4 heteroatoms. The Bertz CT molecular complexity index is 417. The molecule has 1 aliphatic carbocycles. The molecule has 0 spiro atoms. The Hall–Kier alpha value is -1.13. The van der Waals surface area contributed by atoms with Crippen LogP contribution >= 0.6 is 0 Å². The maximum absolute atomic E-state index is 9.54. The minimum atomic E-state index is -0.450. The summed E-state index contributed by atoms with van der Waals surface area (Å²) in [5.41, 5.74) is 0.872. The molecule has 0 amide bonds. The van der Waals surface area contributed by atoms with Crippen LogP contribution in [0, 0.1) is 0 Å². The monoisotopic (exact) mass is 262 g/mol. The molecule has 1 N–H and O–H groups in total. The number of hydrogen-bond acceptors (Lipinski definition) is 4. The number of hydrogen-bond donors (Lipinski definition) is 1. The number of fused-ring (bicyclic) bond motifs is 1. The van der Waals surface area contributed by atoms with Gasteiger partial charge in [-0.3, -0.25) is 0 Å². The van der Waals surface area contributed by atoms with E-state index in [2.05, 4.69) is 9.88 Å². The van der Waals surface area contributed by atoms with Crippen molar-refractivity contribution < 1.29 is 9.84 Å². The third-order valence-corrected chi connectivity index (χ3v) is 4.28. The molecule has 1 aliphatic heterocycles. The van der Waals surface area contributed by atoms with Crippen molar-refractivity contribution in [3.05, 3.63) is 23.9 Å². The lowest BCUT2D eigenvalue weighted by Crippen LogP contribution is -2.53. The molecule has 1 saturated carbocycles. The molecule has 0 radical (unpaired) electrons. The summed E-state index contributed by atoms with van der Waals surface area (Å²) in [4.78, 5) is 6.91. The first-order chi connectivity index (χ1) is 9.25. The standard InChI is InChI=1S/C15H22N2O2/c1-11(18)12-6-7-15(16-10-12)17-8-9-19-14-5-3-2-4-13(14)17/h6-7,10-11,13-14,18H,2-5,8-9H2,1H3/t11-,13?,14?/m0/s1. The lowest BCUT2D eigenvalue weighted by molar-refractivity contribution is -0.00899. The summed E-state index contributed by atoms with van der Waals surface area (Å²) in [6.45, 7) is 3.48. The van der Waals surface area contributed by atoms with Crippen LogP contribution < -0.4 is 4.90 Å². The smallest absolute Gasteiger partial charge is 0.128 e. The molecular weight excluding hydrogens is 240 g/mol. The van der Waals surface area contributed by atoms with E-state index in [4.69, 9.17) is 4.74 Å². The Kier molecular flexibility index (Phi) is 3.71. The zero-order valence-electron chi connectivity index (χ0n) is 11.5. The summed E-state index contributed by atoms with van der Waals surface area (Å²) < 4.78 is 5.89. The first-order valence-corrected chi connectivity index (χ1v) is 7.28. The van der Waals surface area contributed by atoms with Gasteiger partial charge in [0, 0.05) is 12.7 Å².